The van der Waals surface area contributed by atoms with Gasteiger partial charge in [-0.15, -0.1) is 0 Å². The lowest BCUT2D eigenvalue weighted by Gasteiger charge is -2.08. The van der Waals surface area contributed by atoms with Crippen LogP contribution in [0, 0.1) is 10.1 Å². The van der Waals surface area contributed by atoms with E-state index in [1.807, 2.05) is 0 Å². The lowest BCUT2D eigenvalue weighted by Crippen LogP contribution is -2.17. The van der Waals surface area contributed by atoms with Crippen molar-refractivity contribution in [2.24, 2.45) is 5.10 Å². The molecule has 0 spiro atoms. The maximum Gasteiger partial charge on any atom is 0.282 e. The molecule has 0 heterocycles. The Morgan fingerprint density at radius 1 is 1.24 bits per heavy atom. The van der Waals surface area contributed by atoms with Gasteiger partial charge in [0.05, 0.1) is 42.6 Å². The molecule has 9 heteroatoms. The first-order valence-corrected chi connectivity index (χ1v) is 6.99. The van der Waals surface area contributed by atoms with Crippen LogP contribution in [0.25, 0.3) is 0 Å². The Kier molecular flexibility index (Phi) is 5.51. The fraction of sp³-hybridized carbons (Fsp3) is 0.125. The first-order valence-electron chi connectivity index (χ1n) is 6.99. The number of para-hydroxylation sites is 1. The van der Waals surface area contributed by atoms with Crippen LogP contribution < -0.4 is 14.9 Å². The van der Waals surface area contributed by atoms with Crippen LogP contribution in [-0.2, 0) is 0 Å². The van der Waals surface area contributed by atoms with Gasteiger partial charge in [-0.2, -0.15) is 5.10 Å². The van der Waals surface area contributed by atoms with Gasteiger partial charge in [0.2, 0.25) is 0 Å². The molecule has 2 N–H and O–H groups in total. The van der Waals surface area contributed by atoms with E-state index in [2.05, 4.69) is 10.5 Å². The third-order valence-electron chi connectivity index (χ3n) is 3.25. The van der Waals surface area contributed by atoms with Crippen molar-refractivity contribution >= 4 is 17.8 Å². The molecule has 0 fully saturated rings. The molecule has 25 heavy (non-hydrogen) atoms. The summed E-state index contributed by atoms with van der Waals surface area (Å²) in [5, 5.41) is 24.5. The number of hydrazone groups is 1. The second-order valence-corrected chi connectivity index (χ2v) is 4.74. The van der Waals surface area contributed by atoms with E-state index in [1.165, 1.54) is 38.5 Å². The SMILES string of the molecule is COc1cc(/C=N/NC(=O)c2ccccc2O)c([N+](=O)[O-])cc1OC. The minimum atomic E-state index is -0.655. The van der Waals surface area contributed by atoms with Gasteiger partial charge < -0.3 is 14.6 Å². The Morgan fingerprint density at radius 2 is 1.88 bits per heavy atom. The van der Waals surface area contributed by atoms with Gasteiger partial charge in [-0.3, -0.25) is 14.9 Å². The number of nitrogens with zero attached hydrogens (tertiary/aromatic N) is 2. The number of phenolic OH excluding ortho intramolecular Hbond substituents is 1. The number of phenols is 1. The number of carbonyl (C=O) groups excluding carboxylic acids is 1. The normalized spacial score (nSPS) is 10.5. The molecule has 0 saturated carbocycles. The minimum Gasteiger partial charge on any atom is -0.507 e. The summed E-state index contributed by atoms with van der Waals surface area (Å²) >= 11 is 0. The second-order valence-electron chi connectivity index (χ2n) is 4.74. The summed E-state index contributed by atoms with van der Waals surface area (Å²) in [6, 6.07) is 8.49. The third-order valence-corrected chi connectivity index (χ3v) is 3.25. The highest BCUT2D eigenvalue weighted by Crippen LogP contribution is 2.33. The average Bonchev–Trinajstić information content (AvgIpc) is 2.61. The van der Waals surface area contributed by atoms with Crippen LogP contribution in [-0.4, -0.2) is 36.4 Å². The van der Waals surface area contributed by atoms with Crippen molar-refractivity contribution < 1.29 is 24.3 Å². The van der Waals surface area contributed by atoms with E-state index in [0.29, 0.717) is 0 Å². The van der Waals surface area contributed by atoms with Crippen LogP contribution in [0.1, 0.15) is 15.9 Å². The molecule has 0 atom stereocenters. The summed E-state index contributed by atoms with van der Waals surface area (Å²) in [4.78, 5) is 22.5. The van der Waals surface area contributed by atoms with Crippen molar-refractivity contribution in [2.75, 3.05) is 14.2 Å². The molecule has 0 saturated heterocycles. The number of carbonyl (C=O) groups is 1. The topological polar surface area (TPSA) is 123 Å². The van der Waals surface area contributed by atoms with Gasteiger partial charge in [0.1, 0.15) is 5.75 Å². The number of hydrogen-bond acceptors (Lipinski definition) is 7. The number of aromatic hydroxyl groups is 1. The van der Waals surface area contributed by atoms with Gasteiger partial charge in [-0.25, -0.2) is 5.43 Å². The third kappa shape index (κ3) is 4.02. The summed E-state index contributed by atoms with van der Waals surface area (Å²) in [6.07, 6.45) is 1.11. The Bertz CT molecular complexity index is 835. The van der Waals surface area contributed by atoms with Gasteiger partial charge in [0.15, 0.2) is 11.5 Å². The average molecular weight is 345 g/mol. The number of methoxy groups -OCH3 is 2. The van der Waals surface area contributed by atoms with Crippen molar-refractivity contribution in [1.29, 1.82) is 0 Å². The van der Waals surface area contributed by atoms with Crippen LogP contribution in [0.2, 0.25) is 0 Å². The van der Waals surface area contributed by atoms with E-state index < -0.39 is 10.8 Å². The zero-order valence-corrected chi connectivity index (χ0v) is 13.4. The van der Waals surface area contributed by atoms with E-state index in [-0.39, 0.29) is 34.1 Å². The smallest absolute Gasteiger partial charge is 0.282 e. The predicted molar refractivity (Wildman–Crippen MR) is 89.4 cm³/mol. The molecule has 1 amide bonds. The first kappa shape index (κ1) is 17.7. The van der Waals surface area contributed by atoms with E-state index in [4.69, 9.17) is 9.47 Å². The van der Waals surface area contributed by atoms with Crippen molar-refractivity contribution in [3.63, 3.8) is 0 Å². The lowest BCUT2D eigenvalue weighted by atomic mass is 10.1. The zero-order chi connectivity index (χ0) is 18.4. The Balaban J connectivity index is 2.26. The Morgan fingerprint density at radius 3 is 2.48 bits per heavy atom. The van der Waals surface area contributed by atoms with Crippen LogP contribution in [0.5, 0.6) is 17.2 Å². The highest BCUT2D eigenvalue weighted by atomic mass is 16.6. The predicted octanol–water partition coefficient (Wildman–Crippen LogP) is 2.08. The van der Waals surface area contributed by atoms with E-state index >= 15 is 0 Å². The van der Waals surface area contributed by atoms with Crippen molar-refractivity contribution in [3.8, 4) is 17.2 Å². The van der Waals surface area contributed by atoms with Crippen LogP contribution >= 0.6 is 0 Å². The fourth-order valence-electron chi connectivity index (χ4n) is 2.03. The van der Waals surface area contributed by atoms with Crippen LogP contribution in [0.3, 0.4) is 0 Å². The van der Waals surface area contributed by atoms with Crippen LogP contribution in [0.4, 0.5) is 5.69 Å². The molecule has 0 radical (unpaired) electrons. The molecule has 0 aliphatic carbocycles. The van der Waals surface area contributed by atoms with E-state index in [9.17, 15) is 20.0 Å². The van der Waals surface area contributed by atoms with Crippen molar-refractivity contribution in [1.82, 2.24) is 5.43 Å². The van der Waals surface area contributed by atoms with Crippen molar-refractivity contribution in [3.05, 3.63) is 57.6 Å². The van der Waals surface area contributed by atoms with Gasteiger partial charge in [-0.05, 0) is 18.2 Å². The molecule has 0 aromatic heterocycles. The van der Waals surface area contributed by atoms with Crippen LogP contribution in [0.15, 0.2) is 41.5 Å². The molecular weight excluding hydrogens is 330 g/mol. The molecule has 130 valence electrons. The lowest BCUT2D eigenvalue weighted by molar-refractivity contribution is -0.385. The Hall–Kier alpha value is -3.62. The number of nitro benzene ring substituents is 1. The molecule has 0 bridgehead atoms. The fourth-order valence-corrected chi connectivity index (χ4v) is 2.03. The highest BCUT2D eigenvalue weighted by molar-refractivity contribution is 5.97. The number of benzene rings is 2. The Labute approximate surface area is 142 Å². The van der Waals surface area contributed by atoms with E-state index in [1.54, 1.807) is 12.1 Å². The summed E-state index contributed by atoms with van der Waals surface area (Å²) < 4.78 is 10.1. The summed E-state index contributed by atoms with van der Waals surface area (Å²) in [6.45, 7) is 0. The van der Waals surface area contributed by atoms with E-state index in [0.717, 1.165) is 6.21 Å². The molecule has 2 aromatic carbocycles. The molecule has 2 aromatic rings. The quantitative estimate of drug-likeness (QED) is 0.469. The largest absolute Gasteiger partial charge is 0.507 e. The molecule has 2 rings (SSSR count). The number of nitro groups is 1. The maximum atomic E-state index is 11.9. The molecule has 0 aliphatic heterocycles. The number of rotatable bonds is 6. The standard InChI is InChI=1S/C16H15N3O6/c1-24-14-7-10(12(19(22)23)8-15(14)25-2)9-17-18-16(21)11-5-3-4-6-13(11)20/h3-9,20H,1-2H3,(H,18,21)/b17-9+. The van der Waals surface area contributed by atoms with Gasteiger partial charge in [0, 0.05) is 0 Å². The monoisotopic (exact) mass is 345 g/mol. The number of nitrogens with one attached hydrogen (secondary N) is 1. The highest BCUT2D eigenvalue weighted by Gasteiger charge is 2.18. The number of ether oxygens (including phenoxy) is 2. The van der Waals surface area contributed by atoms with Gasteiger partial charge >= 0.3 is 0 Å². The van der Waals surface area contributed by atoms with Gasteiger partial charge in [-0.1, -0.05) is 12.1 Å². The van der Waals surface area contributed by atoms with Gasteiger partial charge in [0.25, 0.3) is 11.6 Å². The summed E-state index contributed by atoms with van der Waals surface area (Å²) in [5.41, 5.74) is 2.07. The van der Waals surface area contributed by atoms with Crippen molar-refractivity contribution in [2.45, 2.75) is 0 Å². The second kappa shape index (κ2) is 7.77. The number of hydrogen-bond donors (Lipinski definition) is 2. The summed E-state index contributed by atoms with van der Waals surface area (Å²) in [7, 11) is 2.76. The first-order chi connectivity index (χ1) is 12.0. The molecular formula is C16H15N3O6. The molecule has 0 unspecified atom stereocenters. The molecule has 0 aliphatic rings. The minimum absolute atomic E-state index is 0.0291. The zero-order valence-electron chi connectivity index (χ0n) is 13.4. The summed E-state index contributed by atoms with van der Waals surface area (Å²) in [5.74, 6) is -0.379. The number of amides is 1. The maximum absolute atomic E-state index is 11.9. The molecule has 9 nitrogen and oxygen atoms in total.